The summed E-state index contributed by atoms with van der Waals surface area (Å²) in [5.74, 6) is -0.409. The highest BCUT2D eigenvalue weighted by Gasteiger charge is 2.31. The molecule has 2 aliphatic heterocycles. The van der Waals surface area contributed by atoms with Crippen molar-refractivity contribution in [3.05, 3.63) is 70.4 Å². The number of benzene rings is 1. The highest BCUT2D eigenvalue weighted by atomic mass is 32.2. The summed E-state index contributed by atoms with van der Waals surface area (Å²) in [4.78, 5) is 31.9. The highest BCUT2D eigenvalue weighted by molar-refractivity contribution is 8.04. The van der Waals surface area contributed by atoms with Gasteiger partial charge in [-0.2, -0.15) is 13.2 Å². The van der Waals surface area contributed by atoms with Crippen LogP contribution < -0.4 is 5.32 Å². The van der Waals surface area contributed by atoms with E-state index in [1.165, 1.54) is 23.9 Å². The largest absolute Gasteiger partial charge is 0.416 e. The predicted octanol–water partition coefficient (Wildman–Crippen LogP) is 4.63. The zero-order valence-electron chi connectivity index (χ0n) is 19.8. The fraction of sp³-hybridized carbons (Fsp3) is 0.346. The third kappa shape index (κ3) is 5.67. The lowest BCUT2D eigenvalue weighted by Gasteiger charge is -2.32. The molecule has 5 rings (SSSR count). The molecule has 0 aliphatic carbocycles. The van der Waals surface area contributed by atoms with Crippen molar-refractivity contribution in [2.75, 3.05) is 26.2 Å². The minimum absolute atomic E-state index is 0.00439. The third-order valence-corrected chi connectivity index (χ3v) is 7.44. The first kappa shape index (κ1) is 25.3. The molecule has 0 radical (unpaired) electrons. The van der Waals surface area contributed by atoms with Crippen molar-refractivity contribution in [2.24, 2.45) is 0 Å². The van der Waals surface area contributed by atoms with E-state index in [1.807, 2.05) is 28.7 Å². The van der Waals surface area contributed by atoms with Crippen LogP contribution in [0.25, 0.3) is 11.7 Å². The first-order valence-corrected chi connectivity index (χ1v) is 12.8. The molecule has 2 aliphatic rings. The second kappa shape index (κ2) is 10.6. The number of pyridine rings is 1. The van der Waals surface area contributed by atoms with Gasteiger partial charge in [0.15, 0.2) is 0 Å². The van der Waals surface area contributed by atoms with Crippen LogP contribution in [-0.2, 0) is 15.7 Å². The van der Waals surface area contributed by atoms with Gasteiger partial charge in [-0.1, -0.05) is 17.8 Å². The molecular weight excluding hydrogens is 505 g/mol. The van der Waals surface area contributed by atoms with Crippen molar-refractivity contribution in [2.45, 2.75) is 36.6 Å². The van der Waals surface area contributed by atoms with E-state index in [4.69, 9.17) is 4.74 Å². The first-order valence-electron chi connectivity index (χ1n) is 12.0. The number of thioether (sulfide) groups is 1. The summed E-state index contributed by atoms with van der Waals surface area (Å²) in [6.45, 7) is 1.92. The summed E-state index contributed by atoms with van der Waals surface area (Å²) in [5.41, 5.74) is 1.20. The number of hydrogen-bond donors (Lipinski definition) is 1. The van der Waals surface area contributed by atoms with E-state index in [-0.39, 0.29) is 23.5 Å². The summed E-state index contributed by atoms with van der Waals surface area (Å²) in [6, 6.07) is 10.1. The molecule has 7 nitrogen and oxygen atoms in total. The number of piperidine rings is 1. The van der Waals surface area contributed by atoms with Gasteiger partial charge >= 0.3 is 6.18 Å². The number of likely N-dealkylation sites (tertiary alicyclic amines) is 1. The van der Waals surface area contributed by atoms with Crippen molar-refractivity contribution in [1.82, 2.24) is 19.6 Å². The Morgan fingerprint density at radius 1 is 1.11 bits per heavy atom. The lowest BCUT2D eigenvalue weighted by molar-refractivity contribution is -0.137. The first-order chi connectivity index (χ1) is 17.8. The van der Waals surface area contributed by atoms with Gasteiger partial charge in [-0.05, 0) is 61.7 Å². The van der Waals surface area contributed by atoms with Gasteiger partial charge in [0.25, 0.3) is 11.8 Å². The predicted molar refractivity (Wildman–Crippen MR) is 133 cm³/mol. The number of halogens is 3. The summed E-state index contributed by atoms with van der Waals surface area (Å²) < 4.78 is 46.1. The van der Waals surface area contributed by atoms with Gasteiger partial charge in [-0.25, -0.2) is 4.98 Å². The summed E-state index contributed by atoms with van der Waals surface area (Å²) >= 11 is 1.41. The van der Waals surface area contributed by atoms with Crippen LogP contribution in [-0.4, -0.2) is 58.4 Å². The molecule has 1 N–H and O–H groups in total. The van der Waals surface area contributed by atoms with Gasteiger partial charge in [-0.3, -0.25) is 14.0 Å². The minimum Gasteiger partial charge on any atom is -0.378 e. The second-order valence-electron chi connectivity index (χ2n) is 8.90. The number of ether oxygens (including phenoxy) is 1. The number of hydrogen-bond acceptors (Lipinski definition) is 5. The number of amides is 2. The normalized spacial score (nSPS) is 16.1. The molecule has 37 heavy (non-hydrogen) atoms. The maximum Gasteiger partial charge on any atom is 0.416 e. The van der Waals surface area contributed by atoms with Crippen molar-refractivity contribution in [3.63, 3.8) is 0 Å². The van der Waals surface area contributed by atoms with Crippen molar-refractivity contribution in [3.8, 4) is 0 Å². The number of aromatic nitrogens is 2. The third-order valence-electron chi connectivity index (χ3n) is 6.39. The zero-order chi connectivity index (χ0) is 26.0. The summed E-state index contributed by atoms with van der Waals surface area (Å²) in [6.07, 6.45) is 1.13. The molecule has 4 heterocycles. The Bertz CT molecular complexity index is 1330. The van der Waals surface area contributed by atoms with Crippen molar-refractivity contribution < 1.29 is 27.5 Å². The standard InChI is InChI=1S/C26H25F3N4O3S/c27-26(28,29)18-7-5-17(6-8-18)25(35)32-12-9-20(10-13-32)36-14-2-11-30-24(34)21-15-19-16-31-22-3-1-4-23(37-21)33(19)22/h1,3-8,15-16,20H,2,9-14H2,(H,30,34). The van der Waals surface area contributed by atoms with Crippen LogP contribution in [0.15, 0.2) is 58.6 Å². The van der Waals surface area contributed by atoms with Crippen LogP contribution in [0.3, 0.4) is 0 Å². The van der Waals surface area contributed by atoms with Crippen LogP contribution >= 0.6 is 11.8 Å². The van der Waals surface area contributed by atoms with Crippen LogP contribution in [0, 0.1) is 0 Å². The van der Waals surface area contributed by atoms with Gasteiger partial charge in [0.1, 0.15) is 5.65 Å². The number of carbonyl (C=O) groups is 2. The van der Waals surface area contributed by atoms with Crippen LogP contribution in [0.5, 0.6) is 0 Å². The fourth-order valence-corrected chi connectivity index (χ4v) is 5.43. The molecule has 1 saturated heterocycles. The Kier molecular flexibility index (Phi) is 7.25. The van der Waals surface area contributed by atoms with E-state index in [2.05, 4.69) is 10.3 Å². The number of nitrogens with one attached hydrogen (secondary N) is 1. The zero-order valence-corrected chi connectivity index (χ0v) is 20.6. The minimum atomic E-state index is -4.42. The van der Waals surface area contributed by atoms with E-state index in [0.717, 1.165) is 28.5 Å². The van der Waals surface area contributed by atoms with Crippen molar-refractivity contribution in [1.29, 1.82) is 0 Å². The number of carbonyl (C=O) groups excluding carboxylic acids is 2. The Morgan fingerprint density at radius 3 is 2.59 bits per heavy atom. The van der Waals surface area contributed by atoms with Crippen LogP contribution in [0.1, 0.15) is 40.9 Å². The monoisotopic (exact) mass is 530 g/mol. The maximum atomic E-state index is 12.7. The van der Waals surface area contributed by atoms with Crippen LogP contribution in [0.4, 0.5) is 13.2 Å². The molecule has 1 fully saturated rings. The van der Waals surface area contributed by atoms with E-state index < -0.39 is 11.7 Å². The molecule has 3 aromatic rings. The van der Waals surface area contributed by atoms with E-state index in [9.17, 15) is 22.8 Å². The van der Waals surface area contributed by atoms with Gasteiger partial charge in [0, 0.05) is 31.8 Å². The fourth-order valence-electron chi connectivity index (χ4n) is 4.42. The Morgan fingerprint density at radius 2 is 1.86 bits per heavy atom. The molecular formula is C26H25F3N4O3S. The maximum absolute atomic E-state index is 12.7. The number of alkyl halides is 3. The smallest absolute Gasteiger partial charge is 0.378 e. The topological polar surface area (TPSA) is 75.9 Å². The molecule has 11 heteroatoms. The average molecular weight is 531 g/mol. The number of imidazole rings is 1. The van der Waals surface area contributed by atoms with E-state index in [0.29, 0.717) is 50.4 Å². The van der Waals surface area contributed by atoms with E-state index in [1.54, 1.807) is 11.1 Å². The molecule has 194 valence electrons. The molecule has 0 bridgehead atoms. The molecule has 2 amide bonds. The van der Waals surface area contributed by atoms with Gasteiger partial charge in [0.2, 0.25) is 0 Å². The number of rotatable bonds is 7. The highest BCUT2D eigenvalue weighted by Crippen LogP contribution is 2.34. The van der Waals surface area contributed by atoms with Gasteiger partial charge in [0.05, 0.1) is 33.5 Å². The number of nitrogens with zero attached hydrogens (tertiary/aromatic N) is 3. The van der Waals surface area contributed by atoms with Gasteiger partial charge < -0.3 is 15.0 Å². The van der Waals surface area contributed by atoms with Gasteiger partial charge in [-0.15, -0.1) is 0 Å². The Hall–Kier alpha value is -3.31. The quantitative estimate of drug-likeness (QED) is 0.451. The molecule has 0 atom stereocenters. The van der Waals surface area contributed by atoms with E-state index >= 15 is 0 Å². The van der Waals surface area contributed by atoms with Crippen LogP contribution in [0.2, 0.25) is 0 Å². The summed E-state index contributed by atoms with van der Waals surface area (Å²) in [5, 5.41) is 3.89. The molecule has 0 unspecified atom stereocenters. The SMILES string of the molecule is O=C(NCCCOC1CCN(C(=O)c2ccc(C(F)(F)F)cc2)CC1)C1=Cc2cnc3cccc(n23)S1. The van der Waals surface area contributed by atoms with Crippen molar-refractivity contribution >= 4 is 35.3 Å². The lowest BCUT2D eigenvalue weighted by atomic mass is 10.1. The molecule has 1 aromatic carbocycles. The lowest BCUT2D eigenvalue weighted by Crippen LogP contribution is -2.41. The molecule has 0 saturated carbocycles. The average Bonchev–Trinajstić information content (AvgIpc) is 3.32. The second-order valence-corrected chi connectivity index (χ2v) is 9.96. The molecule has 0 spiro atoms. The summed E-state index contributed by atoms with van der Waals surface area (Å²) in [7, 11) is 0. The Labute approximate surface area is 215 Å². The molecule has 2 aromatic heterocycles. The Balaban J connectivity index is 1.01.